The number of hydrogen-bond acceptors (Lipinski definition) is 3. The Kier molecular flexibility index (Phi) is 5.78. The molecule has 5 rings (SSSR count). The van der Waals surface area contributed by atoms with Crippen LogP contribution in [0.4, 0.5) is 5.82 Å². The Bertz CT molecular complexity index is 998. The number of nitrogens with one attached hydrogen (secondary N) is 1. The van der Waals surface area contributed by atoms with E-state index in [2.05, 4.69) is 51.3 Å². The van der Waals surface area contributed by atoms with Crippen LogP contribution in [0.15, 0.2) is 54.6 Å². The van der Waals surface area contributed by atoms with Crippen molar-refractivity contribution in [2.24, 2.45) is 0 Å². The van der Waals surface area contributed by atoms with Crippen LogP contribution in [0.25, 0.3) is 5.69 Å². The Morgan fingerprint density at radius 1 is 0.967 bits per heavy atom. The minimum absolute atomic E-state index is 0.358. The molecule has 2 aliphatic rings. The highest BCUT2D eigenvalue weighted by atomic mass is 35.5. The lowest BCUT2D eigenvalue weighted by atomic mass is 9.94. The van der Waals surface area contributed by atoms with Gasteiger partial charge in [0.15, 0.2) is 0 Å². The van der Waals surface area contributed by atoms with Gasteiger partial charge in [-0.25, -0.2) is 4.68 Å². The molecule has 1 saturated heterocycles. The molecule has 1 unspecified atom stereocenters. The highest BCUT2D eigenvalue weighted by Crippen LogP contribution is 2.39. The standard InChI is InChI=1S/C25H29ClN4/c26-21-13-4-5-14-22(21)30-25-20(12-6-8-16-27-25)24(28-30)23-15-7-9-17-29(23)18-19-10-2-1-3-11-19/h1-5,10-11,13-14,23,27H,6-9,12,15-18H2. The molecule has 0 radical (unpaired) electrons. The molecule has 1 aromatic heterocycles. The maximum atomic E-state index is 6.57. The molecule has 0 bridgehead atoms. The Hall–Kier alpha value is -2.30. The molecular formula is C25H29ClN4. The first-order valence-electron chi connectivity index (χ1n) is 11.2. The Balaban J connectivity index is 1.56. The fourth-order valence-electron chi connectivity index (χ4n) is 4.90. The van der Waals surface area contributed by atoms with E-state index in [-0.39, 0.29) is 0 Å². The minimum atomic E-state index is 0.358. The van der Waals surface area contributed by atoms with E-state index in [1.54, 1.807) is 0 Å². The number of benzene rings is 2. The number of nitrogens with zero attached hydrogens (tertiary/aromatic N) is 3. The molecule has 2 aliphatic heterocycles. The Labute approximate surface area is 183 Å². The molecule has 1 atom stereocenters. The van der Waals surface area contributed by atoms with Gasteiger partial charge in [0, 0.05) is 18.7 Å². The lowest BCUT2D eigenvalue weighted by Crippen LogP contribution is -2.33. The molecule has 3 heterocycles. The van der Waals surface area contributed by atoms with Crippen LogP contribution in [0.1, 0.15) is 55.0 Å². The number of rotatable bonds is 4. The number of piperidine rings is 1. The molecule has 0 spiro atoms. The van der Waals surface area contributed by atoms with Crippen LogP contribution in [0.5, 0.6) is 0 Å². The van der Waals surface area contributed by atoms with E-state index in [4.69, 9.17) is 16.7 Å². The summed E-state index contributed by atoms with van der Waals surface area (Å²) in [6, 6.07) is 19.2. The van der Waals surface area contributed by atoms with Gasteiger partial charge >= 0.3 is 0 Å². The van der Waals surface area contributed by atoms with Gasteiger partial charge in [0.25, 0.3) is 0 Å². The number of halogens is 1. The van der Waals surface area contributed by atoms with Gasteiger partial charge in [0.05, 0.1) is 22.4 Å². The van der Waals surface area contributed by atoms with Gasteiger partial charge in [-0.15, -0.1) is 0 Å². The molecule has 0 aliphatic carbocycles. The van der Waals surface area contributed by atoms with Gasteiger partial charge in [0.2, 0.25) is 0 Å². The minimum Gasteiger partial charge on any atom is -0.370 e. The quantitative estimate of drug-likeness (QED) is 0.561. The van der Waals surface area contributed by atoms with Crippen LogP contribution in [0.2, 0.25) is 5.02 Å². The average molecular weight is 421 g/mol. The SMILES string of the molecule is Clc1ccccc1-n1nc(C2CCCCN2Cc2ccccc2)c2c1NCCCC2. The van der Waals surface area contributed by atoms with Crippen molar-refractivity contribution in [2.45, 2.75) is 51.1 Å². The van der Waals surface area contributed by atoms with Gasteiger partial charge in [-0.3, -0.25) is 4.90 Å². The molecule has 2 aromatic carbocycles. The molecule has 0 saturated carbocycles. The zero-order valence-corrected chi connectivity index (χ0v) is 18.1. The van der Waals surface area contributed by atoms with Crippen molar-refractivity contribution in [2.75, 3.05) is 18.4 Å². The van der Waals surface area contributed by atoms with Crippen molar-refractivity contribution in [3.63, 3.8) is 0 Å². The highest BCUT2D eigenvalue weighted by Gasteiger charge is 2.31. The summed E-state index contributed by atoms with van der Waals surface area (Å²) in [5.74, 6) is 1.14. The highest BCUT2D eigenvalue weighted by molar-refractivity contribution is 6.32. The van der Waals surface area contributed by atoms with Crippen molar-refractivity contribution >= 4 is 17.4 Å². The van der Waals surface area contributed by atoms with Crippen molar-refractivity contribution < 1.29 is 0 Å². The van der Waals surface area contributed by atoms with E-state index in [1.165, 1.54) is 48.9 Å². The summed E-state index contributed by atoms with van der Waals surface area (Å²) >= 11 is 6.57. The van der Waals surface area contributed by atoms with Gasteiger partial charge in [0.1, 0.15) is 5.82 Å². The van der Waals surface area contributed by atoms with Gasteiger partial charge < -0.3 is 5.32 Å². The molecular weight excluding hydrogens is 392 g/mol. The van der Waals surface area contributed by atoms with Crippen LogP contribution in [-0.2, 0) is 13.0 Å². The summed E-state index contributed by atoms with van der Waals surface area (Å²) in [4.78, 5) is 2.63. The molecule has 1 N–H and O–H groups in total. The second-order valence-corrected chi connectivity index (χ2v) is 8.83. The lowest BCUT2D eigenvalue weighted by Gasteiger charge is -2.35. The third-order valence-corrected chi connectivity index (χ3v) is 6.72. The van der Waals surface area contributed by atoms with E-state index in [0.717, 1.165) is 42.6 Å². The summed E-state index contributed by atoms with van der Waals surface area (Å²) in [6.45, 7) is 3.09. The number of fused-ring (bicyclic) bond motifs is 1. The predicted octanol–water partition coefficient (Wildman–Crippen LogP) is 6.00. The molecule has 4 nitrogen and oxygen atoms in total. The van der Waals surface area contributed by atoms with Crippen LogP contribution in [-0.4, -0.2) is 27.8 Å². The fourth-order valence-corrected chi connectivity index (χ4v) is 5.12. The van der Waals surface area contributed by atoms with E-state index in [9.17, 15) is 0 Å². The monoisotopic (exact) mass is 420 g/mol. The van der Waals surface area contributed by atoms with Crippen LogP contribution >= 0.6 is 11.6 Å². The summed E-state index contributed by atoms with van der Waals surface area (Å²) < 4.78 is 2.06. The zero-order chi connectivity index (χ0) is 20.3. The molecule has 30 heavy (non-hydrogen) atoms. The summed E-state index contributed by atoms with van der Waals surface area (Å²) in [6.07, 6.45) is 7.16. The van der Waals surface area contributed by atoms with E-state index >= 15 is 0 Å². The van der Waals surface area contributed by atoms with Gasteiger partial charge in [-0.1, -0.05) is 60.5 Å². The number of para-hydroxylation sites is 1. The average Bonchev–Trinajstić information content (AvgIpc) is 2.96. The van der Waals surface area contributed by atoms with Crippen LogP contribution in [0.3, 0.4) is 0 Å². The third-order valence-electron chi connectivity index (χ3n) is 6.40. The maximum absolute atomic E-state index is 6.57. The van der Waals surface area contributed by atoms with Crippen molar-refractivity contribution in [3.05, 3.63) is 76.4 Å². The zero-order valence-electron chi connectivity index (χ0n) is 17.4. The van der Waals surface area contributed by atoms with E-state index in [1.807, 2.05) is 18.2 Å². The number of hydrogen-bond donors (Lipinski definition) is 1. The van der Waals surface area contributed by atoms with Crippen molar-refractivity contribution in [1.29, 1.82) is 0 Å². The Morgan fingerprint density at radius 3 is 2.67 bits per heavy atom. The number of anilines is 1. The second-order valence-electron chi connectivity index (χ2n) is 8.43. The van der Waals surface area contributed by atoms with Gasteiger partial charge in [-0.05, 0) is 56.3 Å². The molecule has 5 heteroatoms. The first-order valence-corrected chi connectivity index (χ1v) is 11.6. The number of aromatic nitrogens is 2. The summed E-state index contributed by atoms with van der Waals surface area (Å²) in [5.41, 5.74) is 4.97. The lowest BCUT2D eigenvalue weighted by molar-refractivity contribution is 0.136. The molecule has 156 valence electrons. The third kappa shape index (κ3) is 3.86. The van der Waals surface area contributed by atoms with Crippen LogP contribution in [0, 0.1) is 0 Å². The smallest absolute Gasteiger partial charge is 0.133 e. The van der Waals surface area contributed by atoms with Crippen LogP contribution < -0.4 is 5.32 Å². The summed E-state index contributed by atoms with van der Waals surface area (Å²) in [5, 5.41) is 9.62. The van der Waals surface area contributed by atoms with Crippen molar-refractivity contribution in [1.82, 2.24) is 14.7 Å². The van der Waals surface area contributed by atoms with E-state index < -0.39 is 0 Å². The normalized spacial score (nSPS) is 19.7. The first kappa shape index (κ1) is 19.7. The fraction of sp³-hybridized carbons (Fsp3) is 0.400. The summed E-state index contributed by atoms with van der Waals surface area (Å²) in [7, 11) is 0. The molecule has 1 fully saturated rings. The molecule has 0 amide bonds. The maximum Gasteiger partial charge on any atom is 0.133 e. The van der Waals surface area contributed by atoms with E-state index in [0.29, 0.717) is 6.04 Å². The van der Waals surface area contributed by atoms with Gasteiger partial charge in [-0.2, -0.15) is 5.10 Å². The topological polar surface area (TPSA) is 33.1 Å². The van der Waals surface area contributed by atoms with Crippen molar-refractivity contribution in [3.8, 4) is 5.69 Å². The first-order chi connectivity index (χ1) is 14.8. The second kappa shape index (κ2) is 8.83. The predicted molar refractivity (Wildman–Crippen MR) is 123 cm³/mol. The molecule has 3 aromatic rings. The number of likely N-dealkylation sites (tertiary alicyclic amines) is 1. The largest absolute Gasteiger partial charge is 0.370 e. The Morgan fingerprint density at radius 2 is 1.80 bits per heavy atom.